The average Bonchev–Trinajstić information content (AvgIpc) is 1.95. The average molecular weight is 217 g/mol. The monoisotopic (exact) mass is 217 g/mol. The van der Waals surface area contributed by atoms with Crippen molar-refractivity contribution in [1.29, 1.82) is 0 Å². The van der Waals surface area contributed by atoms with Crippen molar-refractivity contribution in [2.45, 2.75) is 59.3 Å². The van der Waals surface area contributed by atoms with Gasteiger partial charge in [-0.2, -0.15) is 0 Å². The predicted octanol–water partition coefficient (Wildman–Crippen LogP) is 1.92. The third-order valence-corrected chi connectivity index (χ3v) is 1.92. The van der Waals surface area contributed by atoms with Gasteiger partial charge in [0.15, 0.2) is 0 Å². The van der Waals surface area contributed by atoms with Crippen LogP contribution in [0.4, 0.5) is 4.79 Å². The molecule has 4 heteroatoms. The maximum Gasteiger partial charge on any atom is 0.407 e. The van der Waals surface area contributed by atoms with Crippen molar-refractivity contribution in [3.8, 4) is 0 Å². The molecule has 0 aromatic heterocycles. The Hall–Kier alpha value is -0.770. The first-order valence-electron chi connectivity index (χ1n) is 5.31. The van der Waals surface area contributed by atoms with Crippen molar-refractivity contribution in [3.05, 3.63) is 0 Å². The summed E-state index contributed by atoms with van der Waals surface area (Å²) in [6, 6.07) is -0.278. The van der Waals surface area contributed by atoms with Crippen LogP contribution in [-0.4, -0.2) is 28.9 Å². The molecule has 2 N–H and O–H groups in total. The highest BCUT2D eigenvalue weighted by molar-refractivity contribution is 5.68. The van der Waals surface area contributed by atoms with Gasteiger partial charge in [-0.3, -0.25) is 0 Å². The summed E-state index contributed by atoms with van der Waals surface area (Å²) in [5.74, 6) is 0.164. The van der Waals surface area contributed by atoms with Crippen molar-refractivity contribution >= 4 is 6.09 Å². The van der Waals surface area contributed by atoms with Crippen LogP contribution in [0.1, 0.15) is 41.5 Å². The lowest BCUT2D eigenvalue weighted by molar-refractivity contribution is 0.0398. The zero-order chi connectivity index (χ0) is 12.2. The number of carbonyl (C=O) groups excluding carboxylic acids is 1. The number of aliphatic hydroxyl groups is 1. The second-order valence-electron chi connectivity index (χ2n) is 5.16. The molecule has 0 rings (SSSR count). The van der Waals surface area contributed by atoms with Crippen LogP contribution < -0.4 is 5.32 Å². The number of hydrogen-bond acceptors (Lipinski definition) is 3. The molecule has 4 nitrogen and oxygen atoms in total. The zero-order valence-corrected chi connectivity index (χ0v) is 10.5. The Morgan fingerprint density at radius 1 is 1.27 bits per heavy atom. The smallest absolute Gasteiger partial charge is 0.407 e. The van der Waals surface area contributed by atoms with Crippen LogP contribution in [-0.2, 0) is 4.74 Å². The number of alkyl carbamates (subject to hydrolysis) is 1. The van der Waals surface area contributed by atoms with Gasteiger partial charge in [-0.15, -0.1) is 0 Å². The molecule has 0 aliphatic heterocycles. The third kappa shape index (κ3) is 6.33. The fourth-order valence-corrected chi connectivity index (χ4v) is 1.29. The van der Waals surface area contributed by atoms with E-state index in [-0.39, 0.29) is 12.0 Å². The van der Waals surface area contributed by atoms with E-state index in [0.717, 1.165) is 0 Å². The van der Waals surface area contributed by atoms with Crippen LogP contribution in [0.25, 0.3) is 0 Å². The lowest BCUT2D eigenvalue weighted by Gasteiger charge is -2.27. The van der Waals surface area contributed by atoms with E-state index in [2.05, 4.69) is 5.32 Å². The molecule has 0 saturated carbocycles. The largest absolute Gasteiger partial charge is 0.444 e. The molecule has 1 amide bonds. The summed E-state index contributed by atoms with van der Waals surface area (Å²) in [6.07, 6.45) is -1.07. The van der Waals surface area contributed by atoms with Crippen molar-refractivity contribution < 1.29 is 14.6 Å². The van der Waals surface area contributed by atoms with Gasteiger partial charge in [0.05, 0.1) is 12.1 Å². The maximum absolute atomic E-state index is 11.4. The maximum atomic E-state index is 11.4. The van der Waals surface area contributed by atoms with E-state index in [4.69, 9.17) is 4.74 Å². The normalized spacial score (nSPS) is 16.0. The molecule has 2 atom stereocenters. The number of carbonyl (C=O) groups is 1. The zero-order valence-electron chi connectivity index (χ0n) is 10.5. The molecule has 0 heterocycles. The summed E-state index contributed by atoms with van der Waals surface area (Å²) in [5.41, 5.74) is -0.510. The Labute approximate surface area is 92.0 Å². The molecular formula is C11H23NO3. The minimum Gasteiger partial charge on any atom is -0.444 e. The second kappa shape index (κ2) is 5.35. The van der Waals surface area contributed by atoms with E-state index in [1.165, 1.54) is 0 Å². The minimum absolute atomic E-state index is 0.164. The van der Waals surface area contributed by atoms with Gasteiger partial charge in [-0.25, -0.2) is 4.79 Å². The van der Waals surface area contributed by atoms with E-state index in [1.807, 2.05) is 13.8 Å². The van der Waals surface area contributed by atoms with E-state index >= 15 is 0 Å². The summed E-state index contributed by atoms with van der Waals surface area (Å²) >= 11 is 0. The molecule has 0 bridgehead atoms. The number of nitrogens with one attached hydrogen (secondary N) is 1. The van der Waals surface area contributed by atoms with Gasteiger partial charge in [-0.1, -0.05) is 13.8 Å². The van der Waals surface area contributed by atoms with E-state index in [9.17, 15) is 9.90 Å². The topological polar surface area (TPSA) is 58.6 Å². The summed E-state index contributed by atoms with van der Waals surface area (Å²) in [6.45, 7) is 10.9. The fourth-order valence-electron chi connectivity index (χ4n) is 1.29. The van der Waals surface area contributed by atoms with E-state index in [1.54, 1.807) is 27.7 Å². The van der Waals surface area contributed by atoms with Crippen LogP contribution in [0.3, 0.4) is 0 Å². The number of aliphatic hydroxyl groups excluding tert-OH is 1. The first-order valence-corrected chi connectivity index (χ1v) is 5.31. The van der Waals surface area contributed by atoms with Crippen molar-refractivity contribution in [3.63, 3.8) is 0 Å². The lowest BCUT2D eigenvalue weighted by Crippen LogP contribution is -2.47. The van der Waals surface area contributed by atoms with Crippen molar-refractivity contribution in [2.24, 2.45) is 5.92 Å². The van der Waals surface area contributed by atoms with Crippen LogP contribution in [0.2, 0.25) is 0 Å². The molecule has 0 aromatic carbocycles. The van der Waals surface area contributed by atoms with Gasteiger partial charge in [-0.05, 0) is 33.6 Å². The SMILES string of the molecule is CC(C)C(NC(=O)OC(C)(C)C)C(C)O. The Morgan fingerprint density at radius 2 is 1.73 bits per heavy atom. The summed E-state index contributed by atoms with van der Waals surface area (Å²) in [5, 5.41) is 12.1. The number of ether oxygens (including phenoxy) is 1. The molecule has 0 aromatic rings. The number of hydrogen-bond donors (Lipinski definition) is 2. The van der Waals surface area contributed by atoms with Gasteiger partial charge in [0.1, 0.15) is 5.60 Å². The molecule has 0 aliphatic rings. The van der Waals surface area contributed by atoms with Crippen molar-refractivity contribution in [1.82, 2.24) is 5.32 Å². The molecule has 0 aliphatic carbocycles. The van der Waals surface area contributed by atoms with Gasteiger partial charge in [0.25, 0.3) is 0 Å². The van der Waals surface area contributed by atoms with Crippen LogP contribution >= 0.6 is 0 Å². The summed E-state index contributed by atoms with van der Waals surface area (Å²) in [4.78, 5) is 11.4. The second-order valence-corrected chi connectivity index (χ2v) is 5.16. The number of rotatable bonds is 3. The summed E-state index contributed by atoms with van der Waals surface area (Å²) < 4.78 is 5.11. The minimum atomic E-state index is -0.586. The quantitative estimate of drug-likeness (QED) is 0.759. The molecule has 0 spiro atoms. The Bertz CT molecular complexity index is 198. The highest BCUT2D eigenvalue weighted by Gasteiger charge is 2.24. The van der Waals surface area contributed by atoms with Gasteiger partial charge in [0.2, 0.25) is 0 Å². The first-order chi connectivity index (χ1) is 6.63. The standard InChI is InChI=1S/C11H23NO3/c1-7(2)9(8(3)13)12-10(14)15-11(4,5)6/h7-9,13H,1-6H3,(H,12,14). The third-order valence-electron chi connectivity index (χ3n) is 1.92. The van der Waals surface area contributed by atoms with Gasteiger partial charge >= 0.3 is 6.09 Å². The highest BCUT2D eigenvalue weighted by Crippen LogP contribution is 2.10. The first kappa shape index (κ1) is 14.2. The van der Waals surface area contributed by atoms with Crippen LogP contribution in [0, 0.1) is 5.92 Å². The molecule has 0 saturated heterocycles. The Balaban J connectivity index is 4.25. The number of amides is 1. The Kier molecular flexibility index (Phi) is 5.08. The molecule has 90 valence electrons. The van der Waals surface area contributed by atoms with E-state index < -0.39 is 17.8 Å². The molecule has 0 radical (unpaired) electrons. The Morgan fingerprint density at radius 3 is 2.00 bits per heavy atom. The van der Waals surface area contributed by atoms with Crippen LogP contribution in [0.15, 0.2) is 0 Å². The molecule has 15 heavy (non-hydrogen) atoms. The fraction of sp³-hybridized carbons (Fsp3) is 0.909. The van der Waals surface area contributed by atoms with E-state index in [0.29, 0.717) is 0 Å². The van der Waals surface area contributed by atoms with Crippen LogP contribution in [0.5, 0.6) is 0 Å². The molecule has 2 unspecified atom stereocenters. The van der Waals surface area contributed by atoms with Crippen molar-refractivity contribution in [2.75, 3.05) is 0 Å². The predicted molar refractivity (Wildman–Crippen MR) is 59.7 cm³/mol. The van der Waals surface area contributed by atoms with Gasteiger partial charge < -0.3 is 15.2 Å². The molecular weight excluding hydrogens is 194 g/mol. The van der Waals surface area contributed by atoms with Gasteiger partial charge in [0, 0.05) is 0 Å². The highest BCUT2D eigenvalue weighted by atomic mass is 16.6. The lowest BCUT2D eigenvalue weighted by atomic mass is 10.00. The summed E-state index contributed by atoms with van der Waals surface area (Å²) in [7, 11) is 0. The molecule has 0 fully saturated rings.